The molecule has 0 saturated heterocycles. The number of benzene rings is 1. The Labute approximate surface area is 171 Å². The molecule has 0 aliphatic carbocycles. The molecular formula is C18H19Cl2N5O3. The van der Waals surface area contributed by atoms with Gasteiger partial charge in [0.05, 0.1) is 34.5 Å². The van der Waals surface area contributed by atoms with Crippen LogP contribution >= 0.6 is 23.2 Å². The molecule has 1 aliphatic heterocycles. The molecule has 1 aliphatic rings. The van der Waals surface area contributed by atoms with Crippen molar-refractivity contribution in [2.24, 2.45) is 18.0 Å². The number of aliphatic carboxylic acids is 1. The highest BCUT2D eigenvalue weighted by Gasteiger charge is 2.30. The molecule has 1 aromatic carbocycles. The van der Waals surface area contributed by atoms with Crippen LogP contribution in [-0.2, 0) is 23.1 Å². The number of amides is 1. The summed E-state index contributed by atoms with van der Waals surface area (Å²) in [5, 5.41) is 13.3. The monoisotopic (exact) mass is 423 g/mol. The third-order valence-electron chi connectivity index (χ3n) is 4.48. The summed E-state index contributed by atoms with van der Waals surface area (Å²) in [5.41, 5.74) is 1.20. The highest BCUT2D eigenvalue weighted by molar-refractivity contribution is 6.39. The molecule has 1 atom stereocenters. The van der Waals surface area contributed by atoms with Crippen LogP contribution in [0.5, 0.6) is 0 Å². The van der Waals surface area contributed by atoms with Gasteiger partial charge in [0.25, 0.3) is 0 Å². The van der Waals surface area contributed by atoms with Gasteiger partial charge >= 0.3 is 5.97 Å². The van der Waals surface area contributed by atoms with Crippen LogP contribution < -0.4 is 5.32 Å². The first kappa shape index (κ1) is 20.2. The first-order chi connectivity index (χ1) is 13.4. The zero-order valence-electron chi connectivity index (χ0n) is 15.1. The standard InChI is InChI=1S/C18H19Cl2N5O3/c1-24-10-21-9-12(24)7-11(17(27)28)8-15(26)25-6-5-22-18(25)23-16-13(19)3-2-4-14(16)20/h2-4,9-11H,5-8H2,1H3,(H,22,23)(H,27,28). The Balaban J connectivity index is 1.71. The van der Waals surface area contributed by atoms with E-state index < -0.39 is 11.9 Å². The molecule has 148 valence electrons. The lowest BCUT2D eigenvalue weighted by Gasteiger charge is -2.22. The fraction of sp³-hybridized carbons (Fsp3) is 0.333. The molecule has 8 nitrogen and oxygen atoms in total. The second kappa shape index (κ2) is 8.62. The van der Waals surface area contributed by atoms with Gasteiger partial charge in [0, 0.05) is 38.3 Å². The fourth-order valence-electron chi connectivity index (χ4n) is 2.93. The summed E-state index contributed by atoms with van der Waals surface area (Å²) in [4.78, 5) is 34.2. The number of guanidine groups is 1. The van der Waals surface area contributed by atoms with Crippen LogP contribution in [-0.4, -0.2) is 50.5 Å². The van der Waals surface area contributed by atoms with Crippen LogP contribution in [0.1, 0.15) is 12.1 Å². The number of para-hydroxylation sites is 1. The highest BCUT2D eigenvalue weighted by Crippen LogP contribution is 2.30. The molecule has 0 radical (unpaired) electrons. The number of aromatic nitrogens is 2. The highest BCUT2D eigenvalue weighted by atomic mass is 35.5. The molecule has 1 amide bonds. The number of aliphatic imine (C=N–C) groups is 1. The molecule has 1 aromatic heterocycles. The van der Waals surface area contributed by atoms with Crippen molar-refractivity contribution in [2.75, 3.05) is 18.4 Å². The number of aryl methyl sites for hydroxylation is 1. The van der Waals surface area contributed by atoms with Crippen molar-refractivity contribution < 1.29 is 14.7 Å². The maximum atomic E-state index is 12.8. The fourth-order valence-corrected chi connectivity index (χ4v) is 3.42. The number of rotatable bonds is 6. The Hall–Kier alpha value is -2.58. The van der Waals surface area contributed by atoms with Crippen molar-refractivity contribution in [1.82, 2.24) is 14.5 Å². The maximum absolute atomic E-state index is 12.8. The zero-order chi connectivity index (χ0) is 20.3. The molecular weight excluding hydrogens is 405 g/mol. The average Bonchev–Trinajstić information content (AvgIpc) is 3.26. The minimum Gasteiger partial charge on any atom is -0.481 e. The second-order valence-corrected chi connectivity index (χ2v) is 7.23. The SMILES string of the molecule is Cn1cncc1CC(CC(=O)N1CCN=C1Nc1c(Cl)cccc1Cl)C(=O)O. The second-order valence-electron chi connectivity index (χ2n) is 6.41. The van der Waals surface area contributed by atoms with Crippen molar-refractivity contribution in [3.8, 4) is 0 Å². The lowest BCUT2D eigenvalue weighted by atomic mass is 9.99. The summed E-state index contributed by atoms with van der Waals surface area (Å²) in [6.45, 7) is 0.775. The van der Waals surface area contributed by atoms with Crippen LogP contribution in [0.3, 0.4) is 0 Å². The third-order valence-corrected chi connectivity index (χ3v) is 5.11. The number of anilines is 1. The Morgan fingerprint density at radius 1 is 1.32 bits per heavy atom. The van der Waals surface area contributed by atoms with Crippen LogP contribution in [0.15, 0.2) is 35.7 Å². The van der Waals surface area contributed by atoms with E-state index in [1.165, 1.54) is 4.90 Å². The summed E-state index contributed by atoms with van der Waals surface area (Å²) >= 11 is 12.3. The number of imidazole rings is 1. The number of hydrogen-bond donors (Lipinski definition) is 2. The van der Waals surface area contributed by atoms with Crippen LogP contribution in [0, 0.1) is 5.92 Å². The normalized spacial score (nSPS) is 14.7. The molecule has 0 bridgehead atoms. The first-order valence-corrected chi connectivity index (χ1v) is 9.36. The smallest absolute Gasteiger partial charge is 0.307 e. The Morgan fingerprint density at radius 2 is 2.04 bits per heavy atom. The molecule has 2 aromatic rings. The van der Waals surface area contributed by atoms with E-state index in [2.05, 4.69) is 15.3 Å². The van der Waals surface area contributed by atoms with Crippen LogP contribution in [0.4, 0.5) is 5.69 Å². The first-order valence-electron chi connectivity index (χ1n) is 8.60. The van der Waals surface area contributed by atoms with E-state index in [9.17, 15) is 14.7 Å². The summed E-state index contributed by atoms with van der Waals surface area (Å²) in [6, 6.07) is 5.06. The minimum absolute atomic E-state index is 0.155. The number of halogens is 2. The largest absolute Gasteiger partial charge is 0.481 e. The lowest BCUT2D eigenvalue weighted by molar-refractivity contribution is -0.145. The molecule has 0 saturated carbocycles. The van der Waals surface area contributed by atoms with Gasteiger partial charge in [-0.3, -0.25) is 19.5 Å². The third kappa shape index (κ3) is 4.45. The molecule has 0 spiro atoms. The summed E-state index contributed by atoms with van der Waals surface area (Å²) < 4.78 is 1.74. The van der Waals surface area contributed by atoms with Gasteiger partial charge in [-0.1, -0.05) is 29.3 Å². The van der Waals surface area contributed by atoms with E-state index in [0.717, 1.165) is 5.69 Å². The number of nitrogens with one attached hydrogen (secondary N) is 1. The van der Waals surface area contributed by atoms with E-state index in [0.29, 0.717) is 34.8 Å². The molecule has 28 heavy (non-hydrogen) atoms. The van der Waals surface area contributed by atoms with Gasteiger partial charge in [-0.15, -0.1) is 0 Å². The van der Waals surface area contributed by atoms with E-state index in [-0.39, 0.29) is 18.7 Å². The number of hydrogen-bond acceptors (Lipinski definition) is 5. The van der Waals surface area contributed by atoms with E-state index in [1.807, 2.05) is 0 Å². The lowest BCUT2D eigenvalue weighted by Crippen LogP contribution is -2.40. The Morgan fingerprint density at radius 3 is 2.64 bits per heavy atom. The van der Waals surface area contributed by atoms with Crippen molar-refractivity contribution >= 4 is 46.7 Å². The Bertz CT molecular complexity index is 907. The van der Waals surface area contributed by atoms with Gasteiger partial charge in [0.2, 0.25) is 11.9 Å². The molecule has 0 fully saturated rings. The predicted octanol–water partition coefficient (Wildman–Crippen LogP) is 2.67. The van der Waals surface area contributed by atoms with Gasteiger partial charge in [-0.05, 0) is 12.1 Å². The number of carboxylic acids is 1. The van der Waals surface area contributed by atoms with Crippen molar-refractivity contribution in [3.63, 3.8) is 0 Å². The molecule has 2 heterocycles. The van der Waals surface area contributed by atoms with E-state index >= 15 is 0 Å². The molecule has 2 N–H and O–H groups in total. The van der Waals surface area contributed by atoms with Crippen LogP contribution in [0.2, 0.25) is 10.0 Å². The van der Waals surface area contributed by atoms with Crippen molar-refractivity contribution in [1.29, 1.82) is 0 Å². The van der Waals surface area contributed by atoms with Gasteiger partial charge in [0.15, 0.2) is 0 Å². The Kier molecular flexibility index (Phi) is 6.21. The van der Waals surface area contributed by atoms with Gasteiger partial charge in [-0.2, -0.15) is 0 Å². The predicted molar refractivity (Wildman–Crippen MR) is 107 cm³/mol. The average molecular weight is 424 g/mol. The van der Waals surface area contributed by atoms with Gasteiger partial charge in [0.1, 0.15) is 0 Å². The van der Waals surface area contributed by atoms with Crippen LogP contribution in [0.25, 0.3) is 0 Å². The minimum atomic E-state index is -1.03. The molecule has 10 heteroatoms. The number of carbonyl (C=O) groups excluding carboxylic acids is 1. The molecule has 1 unspecified atom stereocenters. The summed E-state index contributed by atoms with van der Waals surface area (Å²) in [5.74, 6) is -1.92. The number of nitrogens with zero attached hydrogens (tertiary/aromatic N) is 4. The van der Waals surface area contributed by atoms with E-state index in [1.54, 1.807) is 42.3 Å². The van der Waals surface area contributed by atoms with E-state index in [4.69, 9.17) is 23.2 Å². The van der Waals surface area contributed by atoms with Gasteiger partial charge in [-0.25, -0.2) is 4.98 Å². The van der Waals surface area contributed by atoms with Crippen molar-refractivity contribution in [2.45, 2.75) is 12.8 Å². The van der Waals surface area contributed by atoms with Gasteiger partial charge < -0.3 is 15.0 Å². The van der Waals surface area contributed by atoms with Crippen molar-refractivity contribution in [3.05, 3.63) is 46.5 Å². The topological polar surface area (TPSA) is 99.8 Å². The number of carboxylic acid groups (broad SMARTS) is 1. The maximum Gasteiger partial charge on any atom is 0.307 e. The quantitative estimate of drug-likeness (QED) is 0.743. The number of carbonyl (C=O) groups is 2. The zero-order valence-corrected chi connectivity index (χ0v) is 16.6. The molecule has 3 rings (SSSR count). The summed E-state index contributed by atoms with van der Waals surface area (Å²) in [7, 11) is 1.78. The summed E-state index contributed by atoms with van der Waals surface area (Å²) in [6.07, 6.45) is 3.25.